The molecular weight excluding hydrogens is 214 g/mol. The lowest BCUT2D eigenvalue weighted by atomic mass is 10.3. The van der Waals surface area contributed by atoms with E-state index >= 15 is 0 Å². The van der Waals surface area contributed by atoms with Gasteiger partial charge in [-0.1, -0.05) is 0 Å². The van der Waals surface area contributed by atoms with Gasteiger partial charge in [-0.05, 0) is 18.7 Å². The van der Waals surface area contributed by atoms with Crippen molar-refractivity contribution in [2.45, 2.75) is 6.54 Å². The van der Waals surface area contributed by atoms with Gasteiger partial charge < -0.3 is 9.88 Å². The summed E-state index contributed by atoms with van der Waals surface area (Å²) in [6.07, 6.45) is 3.96. The molecule has 0 aliphatic carbocycles. The molecule has 1 heterocycles. The standard InChI is InChI=1S/C9H17N3O2S/c1-10-15(13,14)6-4-11-7-9-3-5-12(2)8-9/h3,5,8,10-11H,4,6-7H2,1-2H3. The van der Waals surface area contributed by atoms with Crippen LogP contribution < -0.4 is 10.0 Å². The van der Waals surface area contributed by atoms with Gasteiger partial charge in [-0.15, -0.1) is 0 Å². The van der Waals surface area contributed by atoms with Crippen LogP contribution in [0.15, 0.2) is 18.5 Å². The summed E-state index contributed by atoms with van der Waals surface area (Å²) in [4.78, 5) is 0. The summed E-state index contributed by atoms with van der Waals surface area (Å²) in [6, 6.07) is 2.00. The Balaban J connectivity index is 2.23. The van der Waals surface area contributed by atoms with Gasteiger partial charge in [0.25, 0.3) is 0 Å². The molecule has 86 valence electrons. The van der Waals surface area contributed by atoms with Crippen molar-refractivity contribution in [1.29, 1.82) is 0 Å². The van der Waals surface area contributed by atoms with Gasteiger partial charge in [0.1, 0.15) is 0 Å². The Morgan fingerprint density at radius 2 is 2.20 bits per heavy atom. The predicted octanol–water partition coefficient (Wildman–Crippen LogP) is -0.336. The number of rotatable bonds is 6. The van der Waals surface area contributed by atoms with Gasteiger partial charge in [-0.2, -0.15) is 0 Å². The molecule has 0 bridgehead atoms. The van der Waals surface area contributed by atoms with Gasteiger partial charge in [0.2, 0.25) is 10.0 Å². The largest absolute Gasteiger partial charge is 0.357 e. The first-order valence-corrected chi connectivity index (χ1v) is 6.41. The van der Waals surface area contributed by atoms with E-state index in [1.165, 1.54) is 7.05 Å². The molecule has 1 aromatic heterocycles. The topological polar surface area (TPSA) is 63.1 Å². The maximum absolute atomic E-state index is 11.1. The minimum Gasteiger partial charge on any atom is -0.357 e. The van der Waals surface area contributed by atoms with Crippen LogP contribution in [-0.4, -0.2) is 32.3 Å². The summed E-state index contributed by atoms with van der Waals surface area (Å²) in [5, 5.41) is 3.07. The minimum absolute atomic E-state index is 0.107. The van der Waals surface area contributed by atoms with Gasteiger partial charge >= 0.3 is 0 Å². The van der Waals surface area contributed by atoms with Crippen LogP contribution in [-0.2, 0) is 23.6 Å². The Morgan fingerprint density at radius 3 is 2.73 bits per heavy atom. The zero-order chi connectivity index (χ0) is 11.3. The Kier molecular flexibility index (Phi) is 4.31. The molecular formula is C9H17N3O2S. The van der Waals surface area contributed by atoms with Gasteiger partial charge in [0, 0.05) is 32.5 Å². The lowest BCUT2D eigenvalue weighted by molar-refractivity contribution is 0.583. The van der Waals surface area contributed by atoms with E-state index in [-0.39, 0.29) is 5.75 Å². The normalized spacial score (nSPS) is 11.9. The minimum atomic E-state index is -3.09. The monoisotopic (exact) mass is 231 g/mol. The van der Waals surface area contributed by atoms with E-state index in [4.69, 9.17) is 0 Å². The van der Waals surface area contributed by atoms with Crippen LogP contribution in [0.2, 0.25) is 0 Å². The number of hydrogen-bond acceptors (Lipinski definition) is 3. The van der Waals surface area contributed by atoms with Gasteiger partial charge in [0.15, 0.2) is 0 Å². The van der Waals surface area contributed by atoms with Crippen molar-refractivity contribution in [2.24, 2.45) is 7.05 Å². The van der Waals surface area contributed by atoms with Crippen LogP contribution >= 0.6 is 0 Å². The lowest BCUT2D eigenvalue weighted by Gasteiger charge is -2.03. The maximum atomic E-state index is 11.1. The van der Waals surface area contributed by atoms with Gasteiger partial charge in [-0.3, -0.25) is 0 Å². The van der Waals surface area contributed by atoms with Crippen LogP contribution in [0, 0.1) is 0 Å². The molecule has 0 aliphatic heterocycles. The summed E-state index contributed by atoms with van der Waals surface area (Å²) < 4.78 is 26.4. The molecule has 0 fully saturated rings. The zero-order valence-electron chi connectivity index (χ0n) is 9.03. The number of nitrogens with one attached hydrogen (secondary N) is 2. The number of aryl methyl sites for hydroxylation is 1. The summed E-state index contributed by atoms with van der Waals surface area (Å²) in [5.74, 6) is 0.107. The van der Waals surface area contributed by atoms with Crippen molar-refractivity contribution in [3.8, 4) is 0 Å². The summed E-state index contributed by atoms with van der Waals surface area (Å²) >= 11 is 0. The van der Waals surface area contributed by atoms with Crippen LogP contribution in [0.25, 0.3) is 0 Å². The summed E-state index contributed by atoms with van der Waals surface area (Å²) in [7, 11) is 0.290. The molecule has 0 spiro atoms. The second kappa shape index (κ2) is 5.29. The van der Waals surface area contributed by atoms with Crippen LogP contribution in [0.1, 0.15) is 5.56 Å². The van der Waals surface area contributed by atoms with E-state index in [0.717, 1.165) is 5.56 Å². The summed E-state index contributed by atoms with van der Waals surface area (Å²) in [6.45, 7) is 1.15. The number of sulfonamides is 1. The molecule has 1 aromatic rings. The van der Waals surface area contributed by atoms with Crippen molar-refractivity contribution in [3.63, 3.8) is 0 Å². The molecule has 0 amide bonds. The van der Waals surface area contributed by atoms with Gasteiger partial charge in [0.05, 0.1) is 5.75 Å². The highest BCUT2D eigenvalue weighted by Gasteiger charge is 2.05. The van der Waals surface area contributed by atoms with E-state index in [1.54, 1.807) is 0 Å². The molecule has 0 unspecified atom stereocenters. The Morgan fingerprint density at radius 1 is 1.47 bits per heavy atom. The molecule has 5 nitrogen and oxygen atoms in total. The van der Waals surface area contributed by atoms with E-state index in [1.807, 2.05) is 30.1 Å². The van der Waals surface area contributed by atoms with E-state index in [2.05, 4.69) is 10.0 Å². The highest BCUT2D eigenvalue weighted by Crippen LogP contribution is 1.97. The molecule has 0 aromatic carbocycles. The SMILES string of the molecule is CNS(=O)(=O)CCNCc1ccn(C)c1. The van der Waals surface area contributed by atoms with Crippen molar-refractivity contribution in [2.75, 3.05) is 19.3 Å². The zero-order valence-corrected chi connectivity index (χ0v) is 9.84. The molecule has 1 rings (SSSR count). The first kappa shape index (κ1) is 12.2. The number of hydrogen-bond donors (Lipinski definition) is 2. The highest BCUT2D eigenvalue weighted by atomic mass is 32.2. The van der Waals surface area contributed by atoms with Crippen molar-refractivity contribution in [3.05, 3.63) is 24.0 Å². The van der Waals surface area contributed by atoms with E-state index < -0.39 is 10.0 Å². The third kappa shape index (κ3) is 4.46. The van der Waals surface area contributed by atoms with E-state index in [9.17, 15) is 8.42 Å². The molecule has 0 aliphatic rings. The third-order valence-electron chi connectivity index (χ3n) is 2.08. The van der Waals surface area contributed by atoms with Crippen molar-refractivity contribution >= 4 is 10.0 Å². The fourth-order valence-corrected chi connectivity index (χ4v) is 1.82. The van der Waals surface area contributed by atoms with Crippen LogP contribution in [0.4, 0.5) is 0 Å². The number of aromatic nitrogens is 1. The summed E-state index contributed by atoms with van der Waals surface area (Å²) in [5.41, 5.74) is 1.15. The molecule has 0 atom stereocenters. The highest BCUT2D eigenvalue weighted by molar-refractivity contribution is 7.89. The predicted molar refractivity (Wildman–Crippen MR) is 60.0 cm³/mol. The van der Waals surface area contributed by atoms with Crippen molar-refractivity contribution < 1.29 is 8.42 Å². The molecule has 0 radical (unpaired) electrons. The fraction of sp³-hybridized carbons (Fsp3) is 0.556. The third-order valence-corrected chi connectivity index (χ3v) is 3.44. The van der Waals surface area contributed by atoms with Gasteiger partial charge in [-0.25, -0.2) is 13.1 Å². The second-order valence-corrected chi connectivity index (χ2v) is 5.43. The first-order chi connectivity index (χ1) is 7.03. The molecule has 0 saturated carbocycles. The van der Waals surface area contributed by atoms with Crippen molar-refractivity contribution in [1.82, 2.24) is 14.6 Å². The average molecular weight is 231 g/mol. The van der Waals surface area contributed by atoms with E-state index in [0.29, 0.717) is 13.1 Å². The Labute approximate surface area is 90.5 Å². The molecule has 0 saturated heterocycles. The molecule has 15 heavy (non-hydrogen) atoms. The molecule has 2 N–H and O–H groups in total. The average Bonchev–Trinajstić information content (AvgIpc) is 2.59. The second-order valence-electron chi connectivity index (χ2n) is 3.38. The maximum Gasteiger partial charge on any atom is 0.212 e. The quantitative estimate of drug-likeness (QED) is 0.659. The first-order valence-electron chi connectivity index (χ1n) is 4.76. The Bertz CT molecular complexity index is 397. The van der Waals surface area contributed by atoms with Crippen LogP contribution in [0.5, 0.6) is 0 Å². The van der Waals surface area contributed by atoms with Crippen LogP contribution in [0.3, 0.4) is 0 Å². The number of nitrogens with zero attached hydrogens (tertiary/aromatic N) is 1. The Hall–Kier alpha value is -0.850. The lowest BCUT2D eigenvalue weighted by Crippen LogP contribution is -2.29. The molecule has 6 heteroatoms. The smallest absolute Gasteiger partial charge is 0.212 e. The fourth-order valence-electron chi connectivity index (χ4n) is 1.21.